The second kappa shape index (κ2) is 6.97. The lowest BCUT2D eigenvalue weighted by atomic mass is 9.86. The lowest BCUT2D eigenvalue weighted by Gasteiger charge is -2.23. The number of amides is 1. The molecular formula is C19H20N2O2. The molecule has 2 aromatic rings. The van der Waals surface area contributed by atoms with Gasteiger partial charge in [0.15, 0.2) is 6.61 Å². The van der Waals surface area contributed by atoms with Crippen LogP contribution >= 0.6 is 0 Å². The first-order chi connectivity index (χ1) is 10.9. The summed E-state index contributed by atoms with van der Waals surface area (Å²) in [5, 5.41) is 11.6. The van der Waals surface area contributed by atoms with E-state index in [4.69, 9.17) is 10.00 Å². The number of anilines is 1. The molecule has 1 amide bonds. The van der Waals surface area contributed by atoms with E-state index in [0.29, 0.717) is 11.3 Å². The highest BCUT2D eigenvalue weighted by atomic mass is 16.5. The number of hydrogen-bond donors (Lipinski definition) is 1. The van der Waals surface area contributed by atoms with Gasteiger partial charge in [0, 0.05) is 5.69 Å². The summed E-state index contributed by atoms with van der Waals surface area (Å²) in [5.41, 5.74) is 2.37. The lowest BCUT2D eigenvalue weighted by Crippen LogP contribution is -2.23. The summed E-state index contributed by atoms with van der Waals surface area (Å²) >= 11 is 0. The maximum atomic E-state index is 12.1. The van der Waals surface area contributed by atoms with Crippen molar-refractivity contribution in [3.63, 3.8) is 0 Å². The van der Waals surface area contributed by atoms with Gasteiger partial charge in [0.25, 0.3) is 5.91 Å². The van der Waals surface area contributed by atoms with Crippen LogP contribution in [0.4, 0.5) is 5.69 Å². The summed E-state index contributed by atoms with van der Waals surface area (Å²) in [5.74, 6) is 0.342. The van der Waals surface area contributed by atoms with Crippen molar-refractivity contribution < 1.29 is 9.53 Å². The van der Waals surface area contributed by atoms with E-state index in [2.05, 4.69) is 26.1 Å². The Morgan fingerprint density at radius 2 is 1.78 bits per heavy atom. The summed E-state index contributed by atoms with van der Waals surface area (Å²) in [6, 6.07) is 16.5. The maximum Gasteiger partial charge on any atom is 0.262 e. The van der Waals surface area contributed by atoms with Crippen LogP contribution in [-0.2, 0) is 10.2 Å². The third kappa shape index (κ3) is 4.58. The van der Waals surface area contributed by atoms with Gasteiger partial charge in [-0.3, -0.25) is 4.79 Å². The molecule has 23 heavy (non-hydrogen) atoms. The number of nitrogens with one attached hydrogen (secondary N) is 1. The van der Waals surface area contributed by atoms with Gasteiger partial charge < -0.3 is 10.1 Å². The summed E-state index contributed by atoms with van der Waals surface area (Å²) in [4.78, 5) is 12.1. The van der Waals surface area contributed by atoms with Crippen LogP contribution in [0.5, 0.6) is 5.75 Å². The zero-order chi connectivity index (χ0) is 16.9. The van der Waals surface area contributed by atoms with Crippen LogP contribution in [0.3, 0.4) is 0 Å². The third-order valence-corrected chi connectivity index (χ3v) is 3.36. The third-order valence-electron chi connectivity index (χ3n) is 3.36. The molecule has 0 aliphatic carbocycles. The van der Waals surface area contributed by atoms with E-state index in [0.717, 1.165) is 11.3 Å². The first-order valence-electron chi connectivity index (χ1n) is 7.42. The van der Waals surface area contributed by atoms with Crippen molar-refractivity contribution in [1.82, 2.24) is 0 Å². The first-order valence-corrected chi connectivity index (χ1v) is 7.42. The Kier molecular flexibility index (Phi) is 5.02. The number of nitriles is 1. The van der Waals surface area contributed by atoms with Gasteiger partial charge in [0.2, 0.25) is 0 Å². The first kappa shape index (κ1) is 16.6. The molecule has 0 spiro atoms. The van der Waals surface area contributed by atoms with Crippen LogP contribution in [0.1, 0.15) is 31.9 Å². The average Bonchev–Trinajstić information content (AvgIpc) is 2.53. The summed E-state index contributed by atoms with van der Waals surface area (Å²) < 4.78 is 5.44. The molecule has 0 unspecified atom stereocenters. The molecular weight excluding hydrogens is 288 g/mol. The lowest BCUT2D eigenvalue weighted by molar-refractivity contribution is -0.118. The van der Waals surface area contributed by atoms with Gasteiger partial charge in [-0.1, -0.05) is 39.0 Å². The number of rotatable bonds is 4. The minimum Gasteiger partial charge on any atom is -0.484 e. The summed E-state index contributed by atoms with van der Waals surface area (Å²) in [7, 11) is 0. The van der Waals surface area contributed by atoms with E-state index in [9.17, 15) is 4.79 Å². The molecule has 0 bridgehead atoms. The van der Waals surface area contributed by atoms with Crippen LogP contribution in [0.15, 0.2) is 48.5 Å². The van der Waals surface area contributed by atoms with E-state index in [1.165, 1.54) is 0 Å². The Bertz CT molecular complexity index is 722. The molecule has 0 fully saturated rings. The highest BCUT2D eigenvalue weighted by Crippen LogP contribution is 2.29. The maximum absolute atomic E-state index is 12.1. The number of carbonyl (C=O) groups excluding carboxylic acids is 1. The molecule has 0 heterocycles. The molecule has 0 saturated carbocycles. The van der Waals surface area contributed by atoms with Gasteiger partial charge in [0.05, 0.1) is 11.6 Å². The van der Waals surface area contributed by atoms with Crippen molar-refractivity contribution in [2.45, 2.75) is 26.2 Å². The zero-order valence-electron chi connectivity index (χ0n) is 13.6. The van der Waals surface area contributed by atoms with Crippen LogP contribution in [0.2, 0.25) is 0 Å². The SMILES string of the molecule is CC(C)(C)c1ccccc1NC(=O)COc1ccc(C#N)cc1. The van der Waals surface area contributed by atoms with Gasteiger partial charge in [-0.05, 0) is 41.3 Å². The second-order valence-electron chi connectivity index (χ2n) is 6.27. The fourth-order valence-corrected chi connectivity index (χ4v) is 2.21. The van der Waals surface area contributed by atoms with Crippen LogP contribution < -0.4 is 10.1 Å². The highest BCUT2D eigenvalue weighted by molar-refractivity contribution is 5.92. The van der Waals surface area contributed by atoms with Gasteiger partial charge >= 0.3 is 0 Å². The molecule has 1 N–H and O–H groups in total. The van der Waals surface area contributed by atoms with E-state index >= 15 is 0 Å². The van der Waals surface area contributed by atoms with Crippen molar-refractivity contribution in [2.24, 2.45) is 0 Å². The number of nitrogens with zero attached hydrogens (tertiary/aromatic N) is 1. The van der Waals surface area contributed by atoms with Gasteiger partial charge in [-0.2, -0.15) is 5.26 Å². The van der Waals surface area contributed by atoms with E-state index in [1.807, 2.05) is 30.3 Å². The highest BCUT2D eigenvalue weighted by Gasteiger charge is 2.18. The molecule has 0 aliphatic heterocycles. The van der Waals surface area contributed by atoms with Crippen molar-refractivity contribution >= 4 is 11.6 Å². The Hall–Kier alpha value is -2.80. The summed E-state index contributed by atoms with van der Waals surface area (Å²) in [6.45, 7) is 6.23. The number of carbonyl (C=O) groups is 1. The summed E-state index contributed by atoms with van der Waals surface area (Å²) in [6.07, 6.45) is 0. The van der Waals surface area contributed by atoms with Crippen LogP contribution in [0, 0.1) is 11.3 Å². The number of hydrogen-bond acceptors (Lipinski definition) is 3. The monoisotopic (exact) mass is 308 g/mol. The van der Waals surface area contributed by atoms with Crippen LogP contribution in [-0.4, -0.2) is 12.5 Å². The molecule has 0 aliphatic rings. The van der Waals surface area contributed by atoms with Gasteiger partial charge in [-0.15, -0.1) is 0 Å². The van der Waals surface area contributed by atoms with E-state index in [1.54, 1.807) is 24.3 Å². The van der Waals surface area contributed by atoms with E-state index < -0.39 is 0 Å². The Morgan fingerprint density at radius 3 is 2.39 bits per heavy atom. The smallest absolute Gasteiger partial charge is 0.262 e. The second-order valence-corrected chi connectivity index (χ2v) is 6.27. The normalized spacial score (nSPS) is 10.7. The largest absolute Gasteiger partial charge is 0.484 e. The van der Waals surface area contributed by atoms with Crippen molar-refractivity contribution in [3.05, 3.63) is 59.7 Å². The Labute approximate surface area is 136 Å². The standard InChI is InChI=1S/C19H20N2O2/c1-19(2,3)16-6-4-5-7-17(16)21-18(22)13-23-15-10-8-14(12-20)9-11-15/h4-11H,13H2,1-3H3,(H,21,22). The number of para-hydroxylation sites is 1. The zero-order valence-corrected chi connectivity index (χ0v) is 13.6. The number of benzene rings is 2. The van der Waals surface area contributed by atoms with Gasteiger partial charge in [-0.25, -0.2) is 0 Å². The van der Waals surface area contributed by atoms with Crippen molar-refractivity contribution in [1.29, 1.82) is 5.26 Å². The quantitative estimate of drug-likeness (QED) is 0.932. The Balaban J connectivity index is 1.99. The van der Waals surface area contributed by atoms with Crippen molar-refractivity contribution in [3.8, 4) is 11.8 Å². The molecule has 4 nitrogen and oxygen atoms in total. The fraction of sp³-hybridized carbons (Fsp3) is 0.263. The predicted octanol–water partition coefficient (Wildman–Crippen LogP) is 3.87. The predicted molar refractivity (Wildman–Crippen MR) is 90.4 cm³/mol. The average molecular weight is 308 g/mol. The molecule has 2 rings (SSSR count). The number of ether oxygens (including phenoxy) is 1. The van der Waals surface area contributed by atoms with Gasteiger partial charge in [0.1, 0.15) is 5.75 Å². The molecule has 4 heteroatoms. The topological polar surface area (TPSA) is 62.1 Å². The molecule has 0 aromatic heterocycles. The van der Waals surface area contributed by atoms with Crippen molar-refractivity contribution in [2.75, 3.05) is 11.9 Å². The Morgan fingerprint density at radius 1 is 1.13 bits per heavy atom. The molecule has 0 atom stereocenters. The fourth-order valence-electron chi connectivity index (χ4n) is 2.21. The molecule has 0 saturated heterocycles. The minimum atomic E-state index is -0.217. The van der Waals surface area contributed by atoms with E-state index in [-0.39, 0.29) is 17.9 Å². The van der Waals surface area contributed by atoms with Crippen LogP contribution in [0.25, 0.3) is 0 Å². The molecule has 2 aromatic carbocycles. The minimum absolute atomic E-state index is 0.0577. The molecule has 0 radical (unpaired) electrons. The molecule has 118 valence electrons.